The summed E-state index contributed by atoms with van der Waals surface area (Å²) >= 11 is 6.03. The fourth-order valence-electron chi connectivity index (χ4n) is 2.77. The highest BCUT2D eigenvalue weighted by molar-refractivity contribution is 7.91. The van der Waals surface area contributed by atoms with Crippen LogP contribution >= 0.6 is 11.6 Å². The van der Waals surface area contributed by atoms with Gasteiger partial charge in [0.15, 0.2) is 9.84 Å². The number of aromatic nitrogens is 2. The molecule has 1 aromatic heterocycles. The minimum absolute atomic E-state index is 0.0755. The normalized spacial score (nSPS) is 18.8. The highest BCUT2D eigenvalue weighted by atomic mass is 35.5. The molecular formula is C16H19ClN4O3S. The average Bonchev–Trinajstić information content (AvgIpc) is 2.95. The summed E-state index contributed by atoms with van der Waals surface area (Å²) in [6.07, 6.45) is 2.23. The lowest BCUT2D eigenvalue weighted by Crippen LogP contribution is -2.33. The number of anilines is 3. The summed E-state index contributed by atoms with van der Waals surface area (Å²) in [5.41, 5.74) is 0.651. The number of halogens is 1. The van der Waals surface area contributed by atoms with Gasteiger partial charge in [0.1, 0.15) is 11.6 Å². The van der Waals surface area contributed by atoms with Crippen molar-refractivity contribution in [2.24, 2.45) is 0 Å². The van der Waals surface area contributed by atoms with Crippen molar-refractivity contribution in [3.8, 4) is 5.75 Å². The van der Waals surface area contributed by atoms with Gasteiger partial charge < -0.3 is 15.0 Å². The second-order valence-electron chi connectivity index (χ2n) is 5.88. The number of nitrogens with one attached hydrogen (secondary N) is 1. The second kappa shape index (κ2) is 7.05. The number of benzene rings is 1. The molecule has 3 rings (SSSR count). The first-order valence-electron chi connectivity index (χ1n) is 7.75. The van der Waals surface area contributed by atoms with Gasteiger partial charge in [0.25, 0.3) is 0 Å². The maximum atomic E-state index is 11.7. The fourth-order valence-corrected chi connectivity index (χ4v) is 4.72. The summed E-state index contributed by atoms with van der Waals surface area (Å²) in [7, 11) is 0.461. The van der Waals surface area contributed by atoms with Crippen LogP contribution in [0.25, 0.3) is 0 Å². The highest BCUT2D eigenvalue weighted by Gasteiger charge is 2.31. The van der Waals surface area contributed by atoms with Gasteiger partial charge in [-0.2, -0.15) is 4.98 Å². The zero-order chi connectivity index (χ0) is 18.0. The van der Waals surface area contributed by atoms with Crippen LogP contribution in [-0.2, 0) is 9.84 Å². The molecule has 0 bridgehead atoms. The van der Waals surface area contributed by atoms with E-state index in [2.05, 4.69) is 15.3 Å². The van der Waals surface area contributed by atoms with E-state index in [1.54, 1.807) is 37.6 Å². The molecule has 0 aliphatic carbocycles. The average molecular weight is 383 g/mol. The Balaban J connectivity index is 1.81. The van der Waals surface area contributed by atoms with E-state index in [9.17, 15) is 8.42 Å². The number of ether oxygens (including phenoxy) is 1. The lowest BCUT2D eigenvalue weighted by Gasteiger charge is -2.24. The molecule has 2 aromatic rings. The van der Waals surface area contributed by atoms with Crippen LogP contribution < -0.4 is 15.0 Å². The van der Waals surface area contributed by atoms with Crippen LogP contribution in [-0.4, -0.2) is 50.1 Å². The van der Waals surface area contributed by atoms with E-state index in [0.29, 0.717) is 34.6 Å². The predicted octanol–water partition coefficient (Wildman–Crippen LogP) is 2.51. The van der Waals surface area contributed by atoms with Crippen molar-refractivity contribution in [3.63, 3.8) is 0 Å². The summed E-state index contributed by atoms with van der Waals surface area (Å²) in [5, 5.41) is 3.65. The summed E-state index contributed by atoms with van der Waals surface area (Å²) in [4.78, 5) is 10.6. The Labute approximate surface area is 151 Å². The third kappa shape index (κ3) is 4.13. The summed E-state index contributed by atoms with van der Waals surface area (Å²) in [6, 6.07) is 6.89. The molecular weight excluding hydrogens is 364 g/mol. The number of hydrogen-bond acceptors (Lipinski definition) is 7. The van der Waals surface area contributed by atoms with Crippen LogP contribution in [0.4, 0.5) is 17.5 Å². The van der Waals surface area contributed by atoms with Gasteiger partial charge in [-0.1, -0.05) is 11.6 Å². The molecule has 1 unspecified atom stereocenters. The van der Waals surface area contributed by atoms with Crippen LogP contribution in [0.2, 0.25) is 5.02 Å². The molecule has 1 saturated heterocycles. The van der Waals surface area contributed by atoms with Gasteiger partial charge in [-0.25, -0.2) is 13.4 Å². The van der Waals surface area contributed by atoms with E-state index in [-0.39, 0.29) is 17.5 Å². The van der Waals surface area contributed by atoms with Crippen molar-refractivity contribution in [2.75, 3.05) is 35.9 Å². The van der Waals surface area contributed by atoms with Crippen molar-refractivity contribution in [1.82, 2.24) is 9.97 Å². The lowest BCUT2D eigenvalue weighted by molar-refractivity contribution is 0.417. The molecule has 25 heavy (non-hydrogen) atoms. The number of rotatable bonds is 5. The summed E-state index contributed by atoms with van der Waals surface area (Å²) in [5.74, 6) is 2.02. The van der Waals surface area contributed by atoms with Crippen molar-refractivity contribution >= 4 is 38.9 Å². The molecule has 1 N–H and O–H groups in total. The Kier molecular flexibility index (Phi) is 5.01. The SMILES string of the molecule is COc1ccc(Cl)cc1Nc1nccc(N(C)C2CCS(=O)(=O)C2)n1. The van der Waals surface area contributed by atoms with Gasteiger partial charge in [0.2, 0.25) is 5.95 Å². The maximum Gasteiger partial charge on any atom is 0.229 e. The molecule has 9 heteroatoms. The number of sulfone groups is 1. The molecule has 0 saturated carbocycles. The zero-order valence-electron chi connectivity index (χ0n) is 13.9. The molecule has 1 aliphatic rings. The van der Waals surface area contributed by atoms with E-state index >= 15 is 0 Å². The molecule has 0 radical (unpaired) electrons. The third-order valence-electron chi connectivity index (χ3n) is 4.17. The molecule has 0 amide bonds. The Hall–Kier alpha value is -2.06. The minimum Gasteiger partial charge on any atom is -0.495 e. The van der Waals surface area contributed by atoms with E-state index in [0.717, 1.165) is 0 Å². The Morgan fingerprint density at radius 2 is 2.16 bits per heavy atom. The van der Waals surface area contributed by atoms with Gasteiger partial charge in [0.05, 0.1) is 24.3 Å². The first-order chi connectivity index (χ1) is 11.9. The first kappa shape index (κ1) is 17.8. The first-order valence-corrected chi connectivity index (χ1v) is 9.95. The molecule has 1 aliphatic heterocycles. The fraction of sp³-hybridized carbons (Fsp3) is 0.375. The van der Waals surface area contributed by atoms with E-state index in [1.165, 1.54) is 0 Å². The van der Waals surface area contributed by atoms with Crippen molar-refractivity contribution in [1.29, 1.82) is 0 Å². The number of methoxy groups -OCH3 is 1. The molecule has 7 nitrogen and oxygen atoms in total. The van der Waals surface area contributed by atoms with Crippen LogP contribution in [0.5, 0.6) is 5.75 Å². The van der Waals surface area contributed by atoms with Gasteiger partial charge in [-0.05, 0) is 30.7 Å². The zero-order valence-corrected chi connectivity index (χ0v) is 15.5. The van der Waals surface area contributed by atoms with Crippen molar-refractivity contribution in [3.05, 3.63) is 35.5 Å². The largest absolute Gasteiger partial charge is 0.495 e. The molecule has 134 valence electrons. The second-order valence-corrected chi connectivity index (χ2v) is 8.54. The summed E-state index contributed by atoms with van der Waals surface area (Å²) in [6.45, 7) is 0. The van der Waals surface area contributed by atoms with Crippen LogP contribution in [0.1, 0.15) is 6.42 Å². The third-order valence-corrected chi connectivity index (χ3v) is 6.15. The highest BCUT2D eigenvalue weighted by Crippen LogP contribution is 2.30. The summed E-state index contributed by atoms with van der Waals surface area (Å²) < 4.78 is 28.7. The standard InChI is InChI=1S/C16H19ClN4O3S/c1-21(12-6-8-25(22,23)10-12)15-5-7-18-16(20-15)19-13-9-11(17)3-4-14(13)24-2/h3-5,7,9,12H,6,8,10H2,1-2H3,(H,18,19,20). The van der Waals surface area contributed by atoms with Gasteiger partial charge in [0, 0.05) is 24.3 Å². The topological polar surface area (TPSA) is 84.4 Å². The molecule has 1 aromatic carbocycles. The maximum absolute atomic E-state index is 11.7. The minimum atomic E-state index is -2.95. The lowest BCUT2D eigenvalue weighted by atomic mass is 10.2. The quantitative estimate of drug-likeness (QED) is 0.850. The monoisotopic (exact) mass is 382 g/mol. The molecule has 0 spiro atoms. The Morgan fingerprint density at radius 3 is 2.84 bits per heavy atom. The van der Waals surface area contributed by atoms with Crippen molar-refractivity contribution in [2.45, 2.75) is 12.5 Å². The Morgan fingerprint density at radius 1 is 1.36 bits per heavy atom. The molecule has 1 atom stereocenters. The van der Waals surface area contributed by atoms with Gasteiger partial charge in [-0.15, -0.1) is 0 Å². The van der Waals surface area contributed by atoms with Crippen LogP contribution in [0, 0.1) is 0 Å². The van der Waals surface area contributed by atoms with Gasteiger partial charge >= 0.3 is 0 Å². The smallest absolute Gasteiger partial charge is 0.229 e. The molecule has 1 fully saturated rings. The molecule has 2 heterocycles. The van der Waals surface area contributed by atoms with E-state index in [4.69, 9.17) is 16.3 Å². The number of nitrogens with zero attached hydrogens (tertiary/aromatic N) is 3. The van der Waals surface area contributed by atoms with E-state index < -0.39 is 9.84 Å². The van der Waals surface area contributed by atoms with Crippen LogP contribution in [0.3, 0.4) is 0 Å². The Bertz CT molecular complexity index is 875. The van der Waals surface area contributed by atoms with Gasteiger partial charge in [-0.3, -0.25) is 0 Å². The van der Waals surface area contributed by atoms with E-state index in [1.807, 2.05) is 11.9 Å². The number of hydrogen-bond donors (Lipinski definition) is 1. The van der Waals surface area contributed by atoms with Crippen molar-refractivity contribution < 1.29 is 13.2 Å². The predicted molar refractivity (Wildman–Crippen MR) is 98.8 cm³/mol. The van der Waals surface area contributed by atoms with Crippen LogP contribution in [0.15, 0.2) is 30.5 Å².